The lowest BCUT2D eigenvalue weighted by Crippen LogP contribution is -2.34. The maximum atomic E-state index is 13.5. The van der Waals surface area contributed by atoms with Crippen molar-refractivity contribution in [2.75, 3.05) is 0 Å². The summed E-state index contributed by atoms with van der Waals surface area (Å²) in [7, 11) is 0. The Kier molecular flexibility index (Phi) is 9.62. The van der Waals surface area contributed by atoms with Gasteiger partial charge >= 0.3 is 0 Å². The van der Waals surface area contributed by atoms with Crippen LogP contribution in [-0.4, -0.2) is 17.3 Å². The van der Waals surface area contributed by atoms with E-state index in [1.165, 1.54) is 42.9 Å². The number of hydrogen-bond donors (Lipinski definition) is 0. The van der Waals surface area contributed by atoms with Gasteiger partial charge < -0.3 is 0 Å². The summed E-state index contributed by atoms with van der Waals surface area (Å²) in [4.78, 5) is 38.0. The van der Waals surface area contributed by atoms with Crippen LogP contribution >= 0.6 is 0 Å². The number of rotatable bonds is 11. The van der Waals surface area contributed by atoms with Crippen LogP contribution in [0.15, 0.2) is 12.1 Å². The second-order valence-corrected chi connectivity index (χ2v) is 14.2. The molecule has 0 amide bonds. The van der Waals surface area contributed by atoms with Crippen molar-refractivity contribution in [3.8, 4) is 0 Å². The number of Topliss-reactive ketones (excluding diaryl/α,β-unsaturated/α-hetero) is 3. The second-order valence-electron chi connectivity index (χ2n) is 14.2. The van der Waals surface area contributed by atoms with Crippen LogP contribution in [0.4, 0.5) is 0 Å². The summed E-state index contributed by atoms with van der Waals surface area (Å²) in [5.41, 5.74) is 5.48. The highest BCUT2D eigenvalue weighted by Crippen LogP contribution is 2.49. The van der Waals surface area contributed by atoms with Crippen LogP contribution in [0.2, 0.25) is 0 Å². The van der Waals surface area contributed by atoms with Crippen LogP contribution in [0.5, 0.6) is 0 Å². The fourth-order valence-electron chi connectivity index (χ4n) is 8.52. The Morgan fingerprint density at radius 3 is 2.22 bits per heavy atom. The number of fused-ring (bicyclic) bond motifs is 1. The lowest BCUT2D eigenvalue weighted by molar-refractivity contribution is -0.129. The van der Waals surface area contributed by atoms with E-state index < -0.39 is 0 Å². The molecule has 0 spiro atoms. The number of carbonyl (C=O) groups excluding carboxylic acids is 3. The zero-order chi connectivity index (χ0) is 27.5. The molecule has 3 heteroatoms. The summed E-state index contributed by atoms with van der Waals surface area (Å²) in [6.45, 7) is 17.5. The zero-order valence-corrected chi connectivity index (χ0v) is 25.0. The van der Waals surface area contributed by atoms with Crippen molar-refractivity contribution in [2.24, 2.45) is 34.5 Å². The predicted octanol–water partition coefficient (Wildman–Crippen LogP) is 8.52. The predicted molar refractivity (Wildman–Crippen MR) is 153 cm³/mol. The molecular formula is C34H52O3. The van der Waals surface area contributed by atoms with Gasteiger partial charge in [-0.15, -0.1) is 0 Å². The van der Waals surface area contributed by atoms with Crippen LogP contribution in [0.25, 0.3) is 0 Å². The van der Waals surface area contributed by atoms with Crippen molar-refractivity contribution in [2.45, 2.75) is 126 Å². The Bertz CT molecular complexity index is 983. The summed E-state index contributed by atoms with van der Waals surface area (Å²) in [6, 6.07) is 4.53. The molecular weight excluding hydrogens is 456 g/mol. The maximum Gasteiger partial charge on any atom is 0.163 e. The topological polar surface area (TPSA) is 51.2 Å². The Hall–Kier alpha value is -1.77. The van der Waals surface area contributed by atoms with Crippen LogP contribution in [-0.2, 0) is 22.4 Å². The Morgan fingerprint density at radius 2 is 1.65 bits per heavy atom. The molecule has 0 N–H and O–H groups in total. The molecule has 1 aromatic rings. The lowest BCUT2D eigenvalue weighted by atomic mass is 9.60. The van der Waals surface area contributed by atoms with E-state index in [-0.39, 0.29) is 41.5 Å². The van der Waals surface area contributed by atoms with E-state index in [1.807, 2.05) is 0 Å². The largest absolute Gasteiger partial charge is 0.300 e. The third-order valence-corrected chi connectivity index (χ3v) is 9.21. The van der Waals surface area contributed by atoms with E-state index in [1.54, 1.807) is 0 Å². The molecule has 3 rings (SSSR count). The molecule has 0 radical (unpaired) electrons. The van der Waals surface area contributed by atoms with E-state index in [4.69, 9.17) is 0 Å². The average molecular weight is 509 g/mol. The summed E-state index contributed by atoms with van der Waals surface area (Å²) in [5, 5.41) is 0. The molecule has 2 aliphatic carbocycles. The van der Waals surface area contributed by atoms with Gasteiger partial charge in [-0.25, -0.2) is 0 Å². The third-order valence-electron chi connectivity index (χ3n) is 9.21. The molecule has 0 saturated heterocycles. The van der Waals surface area contributed by atoms with Gasteiger partial charge in [0.2, 0.25) is 0 Å². The SMILES string of the molecule is CCCC(CC1CC(=O)c2c(ccc(CC3CC(C)(C)CC(C)(C)C3)c2C)C1)C(CC)C(=O)CC(C)=O. The van der Waals surface area contributed by atoms with Crippen molar-refractivity contribution < 1.29 is 14.4 Å². The Morgan fingerprint density at radius 1 is 1.00 bits per heavy atom. The van der Waals surface area contributed by atoms with Crippen molar-refractivity contribution in [1.29, 1.82) is 0 Å². The minimum absolute atomic E-state index is 0.0441. The first kappa shape index (κ1) is 29.8. The first-order valence-electron chi connectivity index (χ1n) is 14.9. The highest BCUT2D eigenvalue weighted by atomic mass is 16.1. The molecule has 0 heterocycles. The first-order valence-corrected chi connectivity index (χ1v) is 14.9. The number of carbonyl (C=O) groups is 3. The fourth-order valence-corrected chi connectivity index (χ4v) is 8.52. The Labute approximate surface area is 226 Å². The van der Waals surface area contributed by atoms with Gasteiger partial charge in [0.25, 0.3) is 0 Å². The molecule has 1 saturated carbocycles. The van der Waals surface area contributed by atoms with Crippen LogP contribution in [0, 0.1) is 41.4 Å². The smallest absolute Gasteiger partial charge is 0.163 e. The molecule has 0 aliphatic heterocycles. The van der Waals surface area contributed by atoms with Gasteiger partial charge in [0.05, 0.1) is 6.42 Å². The van der Waals surface area contributed by atoms with Crippen LogP contribution < -0.4 is 0 Å². The van der Waals surface area contributed by atoms with Crippen molar-refractivity contribution in [1.82, 2.24) is 0 Å². The number of hydrogen-bond acceptors (Lipinski definition) is 3. The summed E-state index contributed by atoms with van der Waals surface area (Å²) >= 11 is 0. The fraction of sp³-hybridized carbons (Fsp3) is 0.735. The molecule has 206 valence electrons. The third kappa shape index (κ3) is 7.64. The van der Waals surface area contributed by atoms with Crippen LogP contribution in [0.3, 0.4) is 0 Å². The van der Waals surface area contributed by atoms with E-state index in [2.05, 4.69) is 60.6 Å². The molecule has 37 heavy (non-hydrogen) atoms. The van der Waals surface area contributed by atoms with Gasteiger partial charge in [0, 0.05) is 17.9 Å². The van der Waals surface area contributed by atoms with Gasteiger partial charge in [-0.3, -0.25) is 14.4 Å². The van der Waals surface area contributed by atoms with Gasteiger partial charge in [0.15, 0.2) is 5.78 Å². The second kappa shape index (κ2) is 12.0. The van der Waals surface area contributed by atoms with Gasteiger partial charge in [-0.1, -0.05) is 66.5 Å². The van der Waals surface area contributed by atoms with Gasteiger partial charge in [-0.05, 0) is 104 Å². The number of ketones is 3. The summed E-state index contributed by atoms with van der Waals surface area (Å²) in [5.74, 6) is 1.44. The molecule has 1 fully saturated rings. The van der Waals surface area contributed by atoms with E-state index >= 15 is 0 Å². The molecule has 3 atom stereocenters. The minimum Gasteiger partial charge on any atom is -0.300 e. The van der Waals surface area contributed by atoms with E-state index in [0.29, 0.717) is 23.2 Å². The summed E-state index contributed by atoms with van der Waals surface area (Å²) in [6.07, 6.45) is 10.1. The standard InChI is InChI=1S/C34H52O3/c1-9-11-27(29(10-2)30(36)14-22(3)35)15-24-16-28-13-12-26(23(4)32(28)31(37)18-24)17-25-19-33(5,6)21-34(7,8)20-25/h12-13,24-25,27,29H,9-11,14-21H2,1-8H3. The first-order chi connectivity index (χ1) is 17.2. The molecule has 2 aliphatic rings. The molecule has 1 aromatic carbocycles. The van der Waals surface area contributed by atoms with E-state index in [0.717, 1.165) is 44.1 Å². The van der Waals surface area contributed by atoms with E-state index in [9.17, 15) is 14.4 Å². The molecule has 3 nitrogen and oxygen atoms in total. The maximum absolute atomic E-state index is 13.5. The highest BCUT2D eigenvalue weighted by molar-refractivity contribution is 6.00. The van der Waals surface area contributed by atoms with Crippen molar-refractivity contribution >= 4 is 17.3 Å². The zero-order valence-electron chi connectivity index (χ0n) is 25.0. The molecule has 3 unspecified atom stereocenters. The quantitative estimate of drug-likeness (QED) is 0.281. The van der Waals surface area contributed by atoms with Crippen LogP contribution in [0.1, 0.15) is 133 Å². The lowest BCUT2D eigenvalue weighted by Gasteiger charge is -2.45. The monoisotopic (exact) mass is 508 g/mol. The summed E-state index contributed by atoms with van der Waals surface area (Å²) < 4.78 is 0. The highest BCUT2D eigenvalue weighted by Gasteiger charge is 2.39. The van der Waals surface area contributed by atoms with Crippen molar-refractivity contribution in [3.63, 3.8) is 0 Å². The van der Waals surface area contributed by atoms with Gasteiger partial charge in [-0.2, -0.15) is 0 Å². The normalized spacial score (nSPS) is 22.8. The average Bonchev–Trinajstić information content (AvgIpc) is 2.73. The Balaban J connectivity index is 1.76. The van der Waals surface area contributed by atoms with Gasteiger partial charge in [0.1, 0.15) is 11.6 Å². The molecule has 0 aromatic heterocycles. The van der Waals surface area contributed by atoms with Crippen molar-refractivity contribution in [3.05, 3.63) is 34.4 Å². The molecule has 0 bridgehead atoms. The number of benzene rings is 1. The minimum atomic E-state index is -0.0755.